The summed E-state index contributed by atoms with van der Waals surface area (Å²) < 4.78 is 9.06. The fraction of sp³-hybridized carbons (Fsp3) is 0.333. The van der Waals surface area contributed by atoms with E-state index in [1.807, 2.05) is 0 Å². The SMILES string of the molecule is COC(=O)Cc1ccc([O-])cc1CC(=O)OC. The number of hydrogen-bond donors (Lipinski definition) is 0. The van der Waals surface area contributed by atoms with Crippen LogP contribution in [0, 0.1) is 0 Å². The molecule has 0 amide bonds. The van der Waals surface area contributed by atoms with Gasteiger partial charge < -0.3 is 14.6 Å². The Bertz CT molecular complexity index is 425. The van der Waals surface area contributed by atoms with Crippen molar-refractivity contribution in [2.24, 2.45) is 0 Å². The molecule has 17 heavy (non-hydrogen) atoms. The predicted octanol–water partition coefficient (Wildman–Crippen LogP) is 0.191. The van der Waals surface area contributed by atoms with Crippen LogP contribution in [-0.4, -0.2) is 26.2 Å². The molecule has 5 heteroatoms. The molecule has 0 atom stereocenters. The Labute approximate surface area is 99.0 Å². The number of methoxy groups -OCH3 is 2. The van der Waals surface area contributed by atoms with Crippen LogP contribution in [0.1, 0.15) is 11.1 Å². The van der Waals surface area contributed by atoms with Crippen LogP contribution in [0.2, 0.25) is 0 Å². The van der Waals surface area contributed by atoms with Gasteiger partial charge in [0.05, 0.1) is 27.1 Å². The standard InChI is InChI=1S/C12H14O5/c1-16-11(14)6-8-3-4-10(13)5-9(8)7-12(15)17-2/h3-5,13H,6-7H2,1-2H3/p-1. The van der Waals surface area contributed by atoms with Crippen molar-refractivity contribution in [2.45, 2.75) is 12.8 Å². The Morgan fingerprint density at radius 2 is 1.59 bits per heavy atom. The van der Waals surface area contributed by atoms with Crippen molar-refractivity contribution in [1.82, 2.24) is 0 Å². The molecule has 92 valence electrons. The molecule has 5 nitrogen and oxygen atoms in total. The molecular weight excluding hydrogens is 224 g/mol. The lowest BCUT2D eigenvalue weighted by Crippen LogP contribution is -2.11. The van der Waals surface area contributed by atoms with Crippen molar-refractivity contribution in [3.63, 3.8) is 0 Å². The van der Waals surface area contributed by atoms with E-state index < -0.39 is 11.9 Å². The molecule has 0 aliphatic rings. The summed E-state index contributed by atoms with van der Waals surface area (Å²) >= 11 is 0. The van der Waals surface area contributed by atoms with Gasteiger partial charge in [-0.25, -0.2) is 0 Å². The second kappa shape index (κ2) is 5.89. The van der Waals surface area contributed by atoms with E-state index in [-0.39, 0.29) is 18.6 Å². The Kier molecular flexibility index (Phi) is 4.51. The third-order valence-corrected chi connectivity index (χ3v) is 2.30. The molecule has 0 N–H and O–H groups in total. The maximum atomic E-state index is 11.2. The molecule has 0 aliphatic heterocycles. The zero-order chi connectivity index (χ0) is 12.8. The zero-order valence-electron chi connectivity index (χ0n) is 9.69. The maximum absolute atomic E-state index is 11.2. The van der Waals surface area contributed by atoms with Crippen LogP contribution in [0.3, 0.4) is 0 Å². The molecule has 0 spiro atoms. The highest BCUT2D eigenvalue weighted by Crippen LogP contribution is 2.16. The maximum Gasteiger partial charge on any atom is 0.309 e. The molecule has 0 fully saturated rings. The number of hydrogen-bond acceptors (Lipinski definition) is 5. The van der Waals surface area contributed by atoms with E-state index in [4.69, 9.17) is 0 Å². The van der Waals surface area contributed by atoms with Gasteiger partial charge in [-0.3, -0.25) is 9.59 Å². The smallest absolute Gasteiger partial charge is 0.309 e. The molecule has 0 saturated carbocycles. The van der Waals surface area contributed by atoms with Crippen molar-refractivity contribution >= 4 is 11.9 Å². The summed E-state index contributed by atoms with van der Waals surface area (Å²) in [4.78, 5) is 22.3. The zero-order valence-corrected chi connectivity index (χ0v) is 9.69. The summed E-state index contributed by atoms with van der Waals surface area (Å²) in [6, 6.07) is 4.20. The Hall–Kier alpha value is -2.04. The number of ether oxygens (including phenoxy) is 2. The monoisotopic (exact) mass is 237 g/mol. The van der Waals surface area contributed by atoms with Gasteiger partial charge in [0.25, 0.3) is 0 Å². The van der Waals surface area contributed by atoms with Gasteiger partial charge in [0.2, 0.25) is 0 Å². The van der Waals surface area contributed by atoms with E-state index in [9.17, 15) is 14.7 Å². The van der Waals surface area contributed by atoms with Crippen molar-refractivity contribution in [3.8, 4) is 5.75 Å². The van der Waals surface area contributed by atoms with Crippen LogP contribution in [0.25, 0.3) is 0 Å². The molecular formula is C12H13O5-. The van der Waals surface area contributed by atoms with Gasteiger partial charge in [-0.1, -0.05) is 18.2 Å². The minimum absolute atomic E-state index is 0.0289. The largest absolute Gasteiger partial charge is 0.872 e. The first-order valence-electron chi connectivity index (χ1n) is 4.99. The average molecular weight is 237 g/mol. The van der Waals surface area contributed by atoms with Gasteiger partial charge in [-0.15, -0.1) is 5.75 Å². The van der Waals surface area contributed by atoms with E-state index in [1.54, 1.807) is 0 Å². The highest BCUT2D eigenvalue weighted by atomic mass is 16.5. The predicted molar refractivity (Wildman–Crippen MR) is 57.3 cm³/mol. The number of benzene rings is 1. The van der Waals surface area contributed by atoms with Gasteiger partial charge in [0.15, 0.2) is 0 Å². The normalized spacial score (nSPS) is 9.76. The number of esters is 2. The third-order valence-electron chi connectivity index (χ3n) is 2.30. The van der Waals surface area contributed by atoms with Gasteiger partial charge in [0, 0.05) is 0 Å². The quantitative estimate of drug-likeness (QED) is 0.699. The highest BCUT2D eigenvalue weighted by Gasteiger charge is 2.11. The first-order valence-corrected chi connectivity index (χ1v) is 4.99. The minimum Gasteiger partial charge on any atom is -0.872 e. The van der Waals surface area contributed by atoms with E-state index in [1.165, 1.54) is 32.4 Å². The lowest BCUT2D eigenvalue weighted by atomic mass is 10.0. The molecule has 0 saturated heterocycles. The topological polar surface area (TPSA) is 75.7 Å². The number of rotatable bonds is 4. The van der Waals surface area contributed by atoms with Crippen molar-refractivity contribution in [1.29, 1.82) is 0 Å². The highest BCUT2D eigenvalue weighted by molar-refractivity contribution is 5.76. The van der Waals surface area contributed by atoms with Gasteiger partial charge >= 0.3 is 11.9 Å². The Morgan fingerprint density at radius 3 is 2.12 bits per heavy atom. The Morgan fingerprint density at radius 1 is 1.06 bits per heavy atom. The molecule has 1 aromatic carbocycles. The van der Waals surface area contributed by atoms with Gasteiger partial charge in [-0.05, 0) is 11.1 Å². The minimum atomic E-state index is -0.457. The lowest BCUT2D eigenvalue weighted by molar-refractivity contribution is -0.268. The number of carbonyl (C=O) groups excluding carboxylic acids is 2. The molecule has 0 aromatic heterocycles. The Balaban J connectivity index is 2.95. The molecule has 0 heterocycles. The summed E-state index contributed by atoms with van der Waals surface area (Å²) in [6.45, 7) is 0. The summed E-state index contributed by atoms with van der Waals surface area (Å²) in [7, 11) is 2.55. The lowest BCUT2D eigenvalue weighted by Gasteiger charge is -2.12. The first kappa shape index (κ1) is 13.0. The number of carbonyl (C=O) groups is 2. The summed E-state index contributed by atoms with van der Waals surface area (Å²) in [6.07, 6.45) is 0.00200. The fourth-order valence-corrected chi connectivity index (χ4v) is 1.39. The second-order valence-electron chi connectivity index (χ2n) is 3.44. The van der Waals surface area contributed by atoms with Crippen LogP contribution in [-0.2, 0) is 31.9 Å². The van der Waals surface area contributed by atoms with Gasteiger partial charge in [-0.2, -0.15) is 0 Å². The van der Waals surface area contributed by atoms with Crippen LogP contribution >= 0.6 is 0 Å². The fourth-order valence-electron chi connectivity index (χ4n) is 1.39. The van der Waals surface area contributed by atoms with Crippen molar-refractivity contribution in [3.05, 3.63) is 29.3 Å². The summed E-state index contributed by atoms with van der Waals surface area (Å²) in [5.74, 6) is -1.09. The molecule has 0 radical (unpaired) electrons. The molecule has 0 unspecified atom stereocenters. The van der Waals surface area contributed by atoms with E-state index in [2.05, 4.69) is 9.47 Å². The first-order chi connectivity index (χ1) is 8.06. The van der Waals surface area contributed by atoms with Crippen LogP contribution in [0.5, 0.6) is 5.75 Å². The van der Waals surface area contributed by atoms with Crippen LogP contribution in [0.15, 0.2) is 18.2 Å². The summed E-state index contributed by atoms with van der Waals surface area (Å²) in [5.41, 5.74) is 1.09. The van der Waals surface area contributed by atoms with E-state index >= 15 is 0 Å². The summed E-state index contributed by atoms with van der Waals surface area (Å²) in [5, 5.41) is 11.2. The van der Waals surface area contributed by atoms with Crippen LogP contribution in [0.4, 0.5) is 0 Å². The van der Waals surface area contributed by atoms with Gasteiger partial charge in [0.1, 0.15) is 0 Å². The van der Waals surface area contributed by atoms with E-state index in [0.29, 0.717) is 11.1 Å². The second-order valence-corrected chi connectivity index (χ2v) is 3.44. The average Bonchev–Trinajstić information content (AvgIpc) is 2.32. The van der Waals surface area contributed by atoms with Crippen LogP contribution < -0.4 is 5.11 Å². The molecule has 0 aliphatic carbocycles. The van der Waals surface area contributed by atoms with E-state index in [0.717, 1.165) is 0 Å². The molecule has 1 aromatic rings. The molecule has 0 bridgehead atoms. The molecule has 1 rings (SSSR count). The van der Waals surface area contributed by atoms with Crippen molar-refractivity contribution in [2.75, 3.05) is 14.2 Å². The van der Waals surface area contributed by atoms with Crippen molar-refractivity contribution < 1.29 is 24.2 Å². The third kappa shape index (κ3) is 3.79.